The monoisotopic (exact) mass is 440 g/mol. The normalized spacial score (nSPS) is 19.1. The van der Waals surface area contributed by atoms with Crippen molar-refractivity contribution in [2.75, 3.05) is 36.5 Å². The van der Waals surface area contributed by atoms with Gasteiger partial charge in [-0.25, -0.2) is 4.99 Å². The number of hydrogen-bond acceptors (Lipinski definition) is 7. The van der Waals surface area contributed by atoms with Gasteiger partial charge in [0.2, 0.25) is 18.2 Å². The number of ether oxygens (including phenoxy) is 1. The van der Waals surface area contributed by atoms with Crippen LogP contribution in [0.1, 0.15) is 25.3 Å². The standard InChI is InChI=1S/C23H29ClN6O/c1-2-3-4-17-5-9-19(10-6-17)26-22-27-21(25)28-23(29-13-15-31-16-14-29)30(22)20-11-7-18(24)8-12-20/h5-12,22,26H,2-4,13-16H2,1H3,(H2,25,27). The lowest BCUT2D eigenvalue weighted by Gasteiger charge is -2.41. The van der Waals surface area contributed by atoms with E-state index in [0.29, 0.717) is 18.2 Å². The molecule has 2 aromatic carbocycles. The summed E-state index contributed by atoms with van der Waals surface area (Å²) in [4.78, 5) is 13.4. The number of aryl methyl sites for hydroxylation is 1. The number of guanidine groups is 2. The van der Waals surface area contributed by atoms with E-state index < -0.39 is 6.29 Å². The largest absolute Gasteiger partial charge is 0.378 e. The second kappa shape index (κ2) is 10.0. The van der Waals surface area contributed by atoms with E-state index in [4.69, 9.17) is 22.1 Å². The predicted octanol–water partition coefficient (Wildman–Crippen LogP) is 3.90. The maximum atomic E-state index is 6.14. The Bertz CT molecular complexity index is 922. The minimum absolute atomic E-state index is 0.253. The molecule has 2 heterocycles. The van der Waals surface area contributed by atoms with E-state index in [1.165, 1.54) is 18.4 Å². The zero-order valence-corrected chi connectivity index (χ0v) is 18.6. The fraction of sp³-hybridized carbons (Fsp3) is 0.391. The van der Waals surface area contributed by atoms with E-state index >= 15 is 0 Å². The highest BCUT2D eigenvalue weighted by molar-refractivity contribution is 6.30. The number of nitrogens with two attached hydrogens (primary N) is 1. The molecule has 1 atom stereocenters. The number of anilines is 2. The zero-order valence-electron chi connectivity index (χ0n) is 17.8. The Hall–Kier alpha value is -2.77. The van der Waals surface area contributed by atoms with Gasteiger partial charge in [0, 0.05) is 29.5 Å². The van der Waals surface area contributed by atoms with Crippen molar-refractivity contribution < 1.29 is 4.74 Å². The quantitative estimate of drug-likeness (QED) is 0.712. The third-order valence-corrected chi connectivity index (χ3v) is 5.65. The van der Waals surface area contributed by atoms with E-state index in [2.05, 4.69) is 56.3 Å². The summed E-state index contributed by atoms with van der Waals surface area (Å²) < 4.78 is 5.53. The number of unbranched alkanes of at least 4 members (excludes halogenated alkanes) is 1. The van der Waals surface area contributed by atoms with E-state index in [-0.39, 0.29) is 5.96 Å². The van der Waals surface area contributed by atoms with Gasteiger partial charge >= 0.3 is 0 Å². The van der Waals surface area contributed by atoms with Crippen molar-refractivity contribution in [1.29, 1.82) is 0 Å². The molecule has 31 heavy (non-hydrogen) atoms. The van der Waals surface area contributed by atoms with Gasteiger partial charge in [0.1, 0.15) is 0 Å². The Morgan fingerprint density at radius 1 is 1.10 bits per heavy atom. The smallest absolute Gasteiger partial charge is 0.222 e. The molecule has 8 heteroatoms. The molecule has 0 spiro atoms. The molecule has 2 aromatic rings. The Morgan fingerprint density at radius 2 is 1.81 bits per heavy atom. The number of nitrogens with one attached hydrogen (secondary N) is 1. The average molecular weight is 441 g/mol. The van der Waals surface area contributed by atoms with Gasteiger partial charge in [-0.2, -0.15) is 4.99 Å². The third kappa shape index (κ3) is 5.29. The van der Waals surface area contributed by atoms with Crippen LogP contribution in [0.2, 0.25) is 5.02 Å². The van der Waals surface area contributed by atoms with Crippen molar-refractivity contribution in [3.05, 3.63) is 59.1 Å². The molecule has 2 aliphatic heterocycles. The zero-order chi connectivity index (χ0) is 21.6. The number of morpholine rings is 1. The van der Waals surface area contributed by atoms with Crippen LogP contribution in [0.5, 0.6) is 0 Å². The number of benzene rings is 2. The Morgan fingerprint density at radius 3 is 2.48 bits per heavy atom. The van der Waals surface area contributed by atoms with Gasteiger partial charge in [0.05, 0.1) is 13.2 Å². The first-order valence-electron chi connectivity index (χ1n) is 10.8. The first-order valence-corrected chi connectivity index (χ1v) is 11.2. The van der Waals surface area contributed by atoms with Crippen LogP contribution in [-0.4, -0.2) is 49.4 Å². The first-order chi connectivity index (χ1) is 15.1. The lowest BCUT2D eigenvalue weighted by Crippen LogP contribution is -2.57. The van der Waals surface area contributed by atoms with Crippen LogP contribution in [0.15, 0.2) is 58.5 Å². The molecule has 0 bridgehead atoms. The lowest BCUT2D eigenvalue weighted by molar-refractivity contribution is 0.0671. The molecule has 1 saturated heterocycles. The Labute approximate surface area is 188 Å². The van der Waals surface area contributed by atoms with Gasteiger partial charge in [0.15, 0.2) is 0 Å². The van der Waals surface area contributed by atoms with Crippen LogP contribution in [0.3, 0.4) is 0 Å². The van der Waals surface area contributed by atoms with E-state index in [0.717, 1.165) is 36.8 Å². The van der Waals surface area contributed by atoms with E-state index in [9.17, 15) is 0 Å². The van der Waals surface area contributed by atoms with Crippen LogP contribution in [0, 0.1) is 0 Å². The summed E-state index contributed by atoms with van der Waals surface area (Å²) in [7, 11) is 0. The Balaban J connectivity index is 1.62. The number of aliphatic imine (C=N–C) groups is 2. The minimum Gasteiger partial charge on any atom is -0.378 e. The van der Waals surface area contributed by atoms with Gasteiger partial charge in [-0.05, 0) is 54.8 Å². The van der Waals surface area contributed by atoms with Crippen molar-refractivity contribution in [2.24, 2.45) is 15.7 Å². The molecule has 0 amide bonds. The highest BCUT2D eigenvalue weighted by Gasteiger charge is 2.32. The fourth-order valence-corrected chi connectivity index (χ4v) is 3.84. The van der Waals surface area contributed by atoms with Crippen LogP contribution in [0.25, 0.3) is 0 Å². The molecular formula is C23H29ClN6O. The third-order valence-electron chi connectivity index (χ3n) is 5.40. The van der Waals surface area contributed by atoms with Crippen molar-refractivity contribution in [3.8, 4) is 0 Å². The van der Waals surface area contributed by atoms with Crippen molar-refractivity contribution >= 4 is 34.9 Å². The molecule has 0 aromatic heterocycles. The summed E-state index contributed by atoms with van der Waals surface area (Å²) in [6, 6.07) is 16.2. The van der Waals surface area contributed by atoms with E-state index in [1.54, 1.807) is 0 Å². The van der Waals surface area contributed by atoms with Gasteiger partial charge in [-0.3, -0.25) is 4.90 Å². The fourth-order valence-electron chi connectivity index (χ4n) is 3.72. The minimum atomic E-state index is -0.432. The number of nitrogens with zero attached hydrogens (tertiary/aromatic N) is 4. The first kappa shape index (κ1) is 21.5. The molecule has 4 rings (SSSR count). The number of rotatable bonds is 6. The van der Waals surface area contributed by atoms with Crippen LogP contribution >= 0.6 is 11.6 Å². The summed E-state index contributed by atoms with van der Waals surface area (Å²) in [5.74, 6) is 1.01. The molecule has 0 saturated carbocycles. The van der Waals surface area contributed by atoms with Crippen molar-refractivity contribution in [2.45, 2.75) is 32.5 Å². The SMILES string of the molecule is CCCCc1ccc(NC2N=C(N)N=C(N3CCOCC3)N2c2ccc(Cl)cc2)cc1. The van der Waals surface area contributed by atoms with E-state index in [1.807, 2.05) is 24.3 Å². The second-order valence-corrected chi connectivity index (χ2v) is 8.10. The van der Waals surface area contributed by atoms with Gasteiger partial charge in [-0.15, -0.1) is 0 Å². The van der Waals surface area contributed by atoms with Crippen LogP contribution < -0.4 is 16.0 Å². The van der Waals surface area contributed by atoms with Crippen LogP contribution in [-0.2, 0) is 11.2 Å². The maximum Gasteiger partial charge on any atom is 0.222 e. The van der Waals surface area contributed by atoms with Gasteiger partial charge < -0.3 is 20.7 Å². The summed E-state index contributed by atoms with van der Waals surface area (Å²) in [6.07, 6.45) is 3.05. The second-order valence-electron chi connectivity index (χ2n) is 7.66. The molecule has 164 valence electrons. The topological polar surface area (TPSA) is 78.5 Å². The number of halogens is 1. The number of hydrogen-bond donors (Lipinski definition) is 2. The molecule has 1 fully saturated rings. The Kier molecular flexibility index (Phi) is 6.94. The van der Waals surface area contributed by atoms with Crippen molar-refractivity contribution in [1.82, 2.24) is 4.90 Å². The van der Waals surface area contributed by atoms with Crippen molar-refractivity contribution in [3.63, 3.8) is 0 Å². The summed E-state index contributed by atoms with van der Waals surface area (Å²) in [6.45, 7) is 5.01. The van der Waals surface area contributed by atoms with Gasteiger partial charge in [-0.1, -0.05) is 37.1 Å². The molecule has 7 nitrogen and oxygen atoms in total. The van der Waals surface area contributed by atoms with Crippen LogP contribution in [0.4, 0.5) is 11.4 Å². The molecule has 0 radical (unpaired) electrons. The summed E-state index contributed by atoms with van der Waals surface area (Å²) in [5.41, 5.74) is 9.38. The summed E-state index contributed by atoms with van der Waals surface area (Å²) in [5, 5.41) is 4.19. The predicted molar refractivity (Wildman–Crippen MR) is 128 cm³/mol. The van der Waals surface area contributed by atoms with Gasteiger partial charge in [0.25, 0.3) is 0 Å². The molecule has 1 unspecified atom stereocenters. The molecule has 2 aliphatic rings. The maximum absolute atomic E-state index is 6.14. The highest BCUT2D eigenvalue weighted by atomic mass is 35.5. The highest BCUT2D eigenvalue weighted by Crippen LogP contribution is 2.26. The molecule has 3 N–H and O–H groups in total. The molecular weight excluding hydrogens is 412 g/mol. The lowest BCUT2D eigenvalue weighted by atomic mass is 10.1. The summed E-state index contributed by atoms with van der Waals surface area (Å²) >= 11 is 6.14. The average Bonchev–Trinajstić information content (AvgIpc) is 2.80. The molecule has 0 aliphatic carbocycles.